The molecule has 0 bridgehead atoms. The summed E-state index contributed by atoms with van der Waals surface area (Å²) in [4.78, 5) is 0. The van der Waals surface area contributed by atoms with Crippen molar-refractivity contribution in [3.05, 3.63) is 205 Å². The molecule has 0 atom stereocenters. The van der Waals surface area contributed by atoms with Crippen LogP contribution < -0.4 is 0 Å². The van der Waals surface area contributed by atoms with Crippen LogP contribution in [0.15, 0.2) is 194 Å². The summed E-state index contributed by atoms with van der Waals surface area (Å²) in [5.41, 5.74) is 6.18. The second-order valence-corrected chi connectivity index (χ2v) is 15.0. The highest BCUT2D eigenvalue weighted by Gasteiger charge is 2.32. The van der Waals surface area contributed by atoms with Gasteiger partial charge in [-0.1, -0.05) is 152 Å². The molecular formula is C54H32F6. The van der Waals surface area contributed by atoms with Crippen LogP contribution in [0.2, 0.25) is 0 Å². The van der Waals surface area contributed by atoms with E-state index in [2.05, 4.69) is 54.6 Å². The van der Waals surface area contributed by atoms with Crippen LogP contribution in [0.25, 0.3) is 98.7 Å². The van der Waals surface area contributed by atoms with E-state index in [4.69, 9.17) is 0 Å². The number of benzene rings is 10. The number of hydrogen-bond donors (Lipinski definition) is 0. The van der Waals surface area contributed by atoms with Gasteiger partial charge >= 0.3 is 12.4 Å². The van der Waals surface area contributed by atoms with E-state index in [-0.39, 0.29) is 0 Å². The molecule has 0 aliphatic carbocycles. The molecule has 0 unspecified atom stereocenters. The zero-order valence-electron chi connectivity index (χ0n) is 31.7. The highest BCUT2D eigenvalue weighted by molar-refractivity contribution is 6.29. The van der Waals surface area contributed by atoms with Gasteiger partial charge in [0.2, 0.25) is 0 Å². The van der Waals surface area contributed by atoms with Gasteiger partial charge in [0.25, 0.3) is 0 Å². The van der Waals surface area contributed by atoms with Crippen molar-refractivity contribution in [2.24, 2.45) is 0 Å². The third kappa shape index (κ3) is 6.36. The van der Waals surface area contributed by atoms with Crippen molar-refractivity contribution in [3.8, 4) is 55.6 Å². The molecule has 0 saturated carbocycles. The molecule has 0 nitrogen and oxygen atoms in total. The van der Waals surface area contributed by atoms with Crippen LogP contribution in [-0.2, 0) is 12.4 Å². The molecule has 0 N–H and O–H groups in total. The molecular weight excluding hydrogens is 763 g/mol. The Bertz CT molecular complexity index is 3270. The summed E-state index contributed by atoms with van der Waals surface area (Å²) in [7, 11) is 0. The van der Waals surface area contributed by atoms with Crippen molar-refractivity contribution in [1.82, 2.24) is 0 Å². The predicted molar refractivity (Wildman–Crippen MR) is 234 cm³/mol. The standard InChI is InChI=1S/C54H32F6/c55-53(56,57)39-22-12-20-37(29-39)49-43-26-9-10-27-44(43)50(38-21-13-23-40(30-38)54(58,59)60)48-32-46-45(31-47(48)49)41-24-7-8-25-42(41)52(51(46)34-16-5-2-6-17-34)36-19-11-18-35(28-36)33-14-3-1-4-15-33/h1-32H. The van der Waals surface area contributed by atoms with Crippen molar-refractivity contribution < 1.29 is 26.3 Å². The zero-order valence-corrected chi connectivity index (χ0v) is 31.7. The predicted octanol–water partition coefficient (Wildman–Crippen LogP) is 16.7. The smallest absolute Gasteiger partial charge is 0.166 e. The van der Waals surface area contributed by atoms with E-state index in [9.17, 15) is 26.3 Å². The van der Waals surface area contributed by atoms with E-state index >= 15 is 0 Å². The van der Waals surface area contributed by atoms with Crippen LogP contribution in [-0.4, -0.2) is 0 Å². The van der Waals surface area contributed by atoms with Gasteiger partial charge in [0, 0.05) is 0 Å². The largest absolute Gasteiger partial charge is 0.416 e. The van der Waals surface area contributed by atoms with E-state index in [1.54, 1.807) is 18.2 Å². The molecule has 0 amide bonds. The molecule has 0 fully saturated rings. The first-order valence-corrected chi connectivity index (χ1v) is 19.5. The molecule has 6 heteroatoms. The Morgan fingerprint density at radius 1 is 0.217 bits per heavy atom. The molecule has 0 spiro atoms. The second kappa shape index (κ2) is 14.3. The van der Waals surface area contributed by atoms with Crippen molar-refractivity contribution in [3.63, 3.8) is 0 Å². The molecule has 0 saturated heterocycles. The minimum atomic E-state index is -4.60. The first-order valence-electron chi connectivity index (χ1n) is 19.5. The van der Waals surface area contributed by atoms with E-state index in [0.29, 0.717) is 43.8 Å². The van der Waals surface area contributed by atoms with Gasteiger partial charge in [-0.25, -0.2) is 0 Å². The number of halogens is 6. The number of fused-ring (bicyclic) bond motifs is 5. The van der Waals surface area contributed by atoms with Crippen molar-refractivity contribution in [2.45, 2.75) is 12.4 Å². The van der Waals surface area contributed by atoms with Gasteiger partial charge in [0.1, 0.15) is 0 Å². The van der Waals surface area contributed by atoms with Crippen LogP contribution >= 0.6 is 0 Å². The SMILES string of the molecule is FC(F)(F)c1cccc(-c2c3ccccc3c(-c3cccc(C(F)(F)F)c3)c3cc4c(cc23)c(-c2ccccc2)c(-c2cccc(-c3ccccc3)c2)c2ccccc24)c1. The van der Waals surface area contributed by atoms with Gasteiger partial charge < -0.3 is 0 Å². The van der Waals surface area contributed by atoms with Crippen molar-refractivity contribution in [1.29, 1.82) is 0 Å². The molecule has 10 aromatic rings. The lowest BCUT2D eigenvalue weighted by Crippen LogP contribution is -2.05. The van der Waals surface area contributed by atoms with Crippen molar-refractivity contribution >= 4 is 43.1 Å². The van der Waals surface area contributed by atoms with Crippen LogP contribution in [0.5, 0.6) is 0 Å². The highest BCUT2D eigenvalue weighted by Crippen LogP contribution is 2.51. The maximum absolute atomic E-state index is 14.4. The Labute approximate surface area is 341 Å². The van der Waals surface area contributed by atoms with E-state index < -0.39 is 23.5 Å². The first-order chi connectivity index (χ1) is 29.0. The van der Waals surface area contributed by atoms with Gasteiger partial charge in [-0.2, -0.15) is 26.3 Å². The summed E-state index contributed by atoms with van der Waals surface area (Å²) >= 11 is 0. The molecule has 10 rings (SSSR count). The lowest BCUT2D eigenvalue weighted by Gasteiger charge is -2.23. The van der Waals surface area contributed by atoms with E-state index in [1.165, 1.54) is 12.1 Å². The van der Waals surface area contributed by atoms with Crippen molar-refractivity contribution in [2.75, 3.05) is 0 Å². The fraction of sp³-hybridized carbons (Fsp3) is 0.0370. The Morgan fingerprint density at radius 3 is 1.08 bits per heavy atom. The van der Waals surface area contributed by atoms with E-state index in [0.717, 1.165) is 79.2 Å². The molecule has 290 valence electrons. The number of rotatable bonds is 5. The summed E-state index contributed by atoms with van der Waals surface area (Å²) in [6.45, 7) is 0. The fourth-order valence-corrected chi connectivity index (χ4v) is 8.87. The molecule has 10 aromatic carbocycles. The normalized spacial score (nSPS) is 12.2. The summed E-state index contributed by atoms with van der Waals surface area (Å²) in [5.74, 6) is 0. The fourth-order valence-electron chi connectivity index (χ4n) is 8.87. The summed E-state index contributed by atoms with van der Waals surface area (Å²) < 4.78 is 86.1. The van der Waals surface area contributed by atoms with Gasteiger partial charge in [0.05, 0.1) is 11.1 Å². The van der Waals surface area contributed by atoms with Crippen LogP contribution in [0.4, 0.5) is 26.3 Å². The van der Waals surface area contributed by atoms with Gasteiger partial charge in [-0.05, 0) is 141 Å². The average Bonchev–Trinajstić information content (AvgIpc) is 3.27. The van der Waals surface area contributed by atoms with Crippen LogP contribution in [0, 0.1) is 0 Å². The first kappa shape index (κ1) is 37.1. The Balaban J connectivity index is 1.42. The van der Waals surface area contributed by atoms with E-state index in [1.807, 2.05) is 84.9 Å². The monoisotopic (exact) mass is 794 g/mol. The summed E-state index contributed by atoms with van der Waals surface area (Å²) in [6.07, 6.45) is -9.20. The molecule has 0 aromatic heterocycles. The zero-order chi connectivity index (χ0) is 41.2. The van der Waals surface area contributed by atoms with Crippen LogP contribution in [0.3, 0.4) is 0 Å². The maximum atomic E-state index is 14.4. The minimum absolute atomic E-state index is 0.346. The quantitative estimate of drug-likeness (QED) is 0.0925. The lowest BCUT2D eigenvalue weighted by molar-refractivity contribution is -0.138. The maximum Gasteiger partial charge on any atom is 0.416 e. The average molecular weight is 795 g/mol. The number of hydrogen-bond acceptors (Lipinski definition) is 0. The molecule has 0 aliphatic heterocycles. The Hall–Kier alpha value is -7.18. The number of alkyl halides is 6. The van der Waals surface area contributed by atoms with Gasteiger partial charge in [-0.3, -0.25) is 0 Å². The second-order valence-electron chi connectivity index (χ2n) is 15.0. The third-order valence-corrected chi connectivity index (χ3v) is 11.4. The third-order valence-electron chi connectivity index (χ3n) is 11.4. The van der Waals surface area contributed by atoms with Gasteiger partial charge in [-0.15, -0.1) is 0 Å². The van der Waals surface area contributed by atoms with Gasteiger partial charge in [0.15, 0.2) is 0 Å². The minimum Gasteiger partial charge on any atom is -0.166 e. The lowest BCUT2D eigenvalue weighted by atomic mass is 9.80. The molecule has 60 heavy (non-hydrogen) atoms. The summed E-state index contributed by atoms with van der Waals surface area (Å²) in [5, 5.41) is 6.10. The molecule has 0 heterocycles. The highest BCUT2D eigenvalue weighted by atomic mass is 19.4. The molecule has 0 radical (unpaired) electrons. The topological polar surface area (TPSA) is 0 Å². The Morgan fingerprint density at radius 2 is 0.567 bits per heavy atom. The summed E-state index contributed by atoms with van der Waals surface area (Å²) in [6, 6.07) is 58.6. The molecule has 0 aliphatic rings. The van der Waals surface area contributed by atoms with Crippen LogP contribution in [0.1, 0.15) is 11.1 Å². The Kier molecular flexibility index (Phi) is 8.83.